The van der Waals surface area contributed by atoms with E-state index in [1.54, 1.807) is 0 Å². The molecule has 10 aromatic rings. The van der Waals surface area contributed by atoms with Crippen LogP contribution in [0.2, 0.25) is 0 Å². The lowest BCUT2D eigenvalue weighted by atomic mass is 9.93. The lowest BCUT2D eigenvalue weighted by Crippen LogP contribution is -2.06. The van der Waals surface area contributed by atoms with Crippen LogP contribution in [0.15, 0.2) is 204 Å². The zero-order valence-electron chi connectivity index (χ0n) is 30.3. The number of nitrogens with one attached hydrogen (secondary N) is 1. The van der Waals surface area contributed by atoms with Crippen LogP contribution in [-0.2, 0) is 0 Å². The maximum absolute atomic E-state index is 9.57. The molecule has 0 radical (unpaired) electrons. The Morgan fingerprint density at radius 2 is 1.20 bits per heavy atom. The first kappa shape index (κ1) is 33.4. The van der Waals surface area contributed by atoms with Crippen molar-refractivity contribution in [1.29, 1.82) is 5.41 Å². The van der Waals surface area contributed by atoms with Crippen LogP contribution in [0.5, 0.6) is 0 Å². The minimum atomic E-state index is 0.147. The van der Waals surface area contributed by atoms with Gasteiger partial charge in [-0.25, -0.2) is 9.98 Å². The third-order valence-corrected chi connectivity index (χ3v) is 11.5. The minimum Gasteiger partial charge on any atom is -0.309 e. The number of benzene rings is 8. The van der Waals surface area contributed by atoms with Crippen LogP contribution in [0.3, 0.4) is 0 Å². The number of para-hydroxylation sites is 2. The molecule has 0 aliphatic rings. The molecular weight excluding hydrogens is 701 g/mol. The van der Waals surface area contributed by atoms with Gasteiger partial charge in [-0.15, -0.1) is 11.3 Å². The normalized spacial score (nSPS) is 12.0. The second-order valence-corrected chi connectivity index (χ2v) is 14.9. The Balaban J connectivity index is 1.14. The van der Waals surface area contributed by atoms with Crippen LogP contribution < -0.4 is 0 Å². The molecule has 56 heavy (non-hydrogen) atoms. The molecule has 0 atom stereocenters. The molecule has 0 saturated carbocycles. The van der Waals surface area contributed by atoms with E-state index in [0.29, 0.717) is 5.84 Å². The van der Waals surface area contributed by atoms with Gasteiger partial charge in [-0.1, -0.05) is 152 Å². The first-order valence-electron chi connectivity index (χ1n) is 18.7. The van der Waals surface area contributed by atoms with Crippen molar-refractivity contribution in [1.82, 2.24) is 4.57 Å². The van der Waals surface area contributed by atoms with E-state index in [0.717, 1.165) is 44.6 Å². The smallest absolute Gasteiger partial charge is 0.161 e. The highest BCUT2D eigenvalue weighted by atomic mass is 32.1. The molecule has 10 rings (SSSR count). The molecule has 0 aliphatic heterocycles. The van der Waals surface area contributed by atoms with Gasteiger partial charge < -0.3 is 4.57 Å². The monoisotopic (exact) mass is 734 g/mol. The summed E-state index contributed by atoms with van der Waals surface area (Å²) in [4.78, 5) is 9.77. The summed E-state index contributed by atoms with van der Waals surface area (Å²) in [5.74, 6) is 0.628. The largest absolute Gasteiger partial charge is 0.309 e. The number of rotatable bonds is 6. The molecule has 2 aromatic heterocycles. The van der Waals surface area contributed by atoms with Gasteiger partial charge in [-0.05, 0) is 70.3 Å². The van der Waals surface area contributed by atoms with E-state index in [4.69, 9.17) is 9.98 Å². The maximum atomic E-state index is 9.57. The van der Waals surface area contributed by atoms with Gasteiger partial charge in [0.1, 0.15) is 0 Å². The van der Waals surface area contributed by atoms with Crippen LogP contribution in [0, 0.1) is 5.41 Å². The number of hydrogen-bond acceptors (Lipinski definition) is 2. The molecule has 264 valence electrons. The molecule has 8 aromatic carbocycles. The lowest BCUT2D eigenvalue weighted by molar-refractivity contribution is 1.18. The fraction of sp³-hybridized carbons (Fsp3) is 0. The van der Waals surface area contributed by atoms with Gasteiger partial charge in [0.15, 0.2) is 11.7 Å². The van der Waals surface area contributed by atoms with Crippen molar-refractivity contribution in [2.24, 2.45) is 9.98 Å². The molecule has 0 aliphatic carbocycles. The van der Waals surface area contributed by atoms with Gasteiger partial charge in [0.05, 0.1) is 11.0 Å². The highest BCUT2D eigenvalue weighted by Gasteiger charge is 2.19. The third-order valence-electron chi connectivity index (χ3n) is 10.4. The third kappa shape index (κ3) is 6.01. The van der Waals surface area contributed by atoms with E-state index in [-0.39, 0.29) is 5.84 Å². The summed E-state index contributed by atoms with van der Waals surface area (Å²) in [7, 11) is 0. The summed E-state index contributed by atoms with van der Waals surface area (Å²) in [6.07, 6.45) is 1.81. The molecule has 0 bridgehead atoms. The van der Waals surface area contributed by atoms with Gasteiger partial charge in [0.25, 0.3) is 0 Å². The Morgan fingerprint density at radius 1 is 0.518 bits per heavy atom. The number of thiophene rings is 1. The predicted octanol–water partition coefficient (Wildman–Crippen LogP) is 13.4. The van der Waals surface area contributed by atoms with Crippen molar-refractivity contribution in [2.45, 2.75) is 0 Å². The standard InChI is InChI=1S/C51H34N4S/c52-50(54-51(36-19-9-3-10-20-36)53-33-34-15-5-1-6-16-34)43-31-37(35-17-7-2-8-18-35)25-27-40(43)38-26-28-42-47(32-38)56-46-30-29-45-48(49(42)46)41-23-13-14-24-44(41)55(45)39-21-11-4-12-22-39/h1-33,52H. The summed E-state index contributed by atoms with van der Waals surface area (Å²) in [5.41, 5.74) is 10.2. The van der Waals surface area contributed by atoms with Gasteiger partial charge in [0, 0.05) is 54.0 Å². The van der Waals surface area contributed by atoms with Crippen molar-refractivity contribution < 1.29 is 0 Å². The predicted molar refractivity (Wildman–Crippen MR) is 238 cm³/mol. The van der Waals surface area contributed by atoms with Crippen LogP contribution in [0.25, 0.3) is 69.9 Å². The Hall–Kier alpha value is -7.21. The average Bonchev–Trinajstić information content (AvgIpc) is 3.81. The Bertz CT molecular complexity index is 3120. The second kappa shape index (κ2) is 14.2. The first-order valence-corrected chi connectivity index (χ1v) is 19.5. The van der Waals surface area contributed by atoms with E-state index >= 15 is 0 Å². The Morgan fingerprint density at radius 3 is 1.98 bits per heavy atom. The van der Waals surface area contributed by atoms with Gasteiger partial charge >= 0.3 is 0 Å². The summed E-state index contributed by atoms with van der Waals surface area (Å²) in [6.45, 7) is 0. The Labute approximate surface area is 328 Å². The zero-order valence-corrected chi connectivity index (χ0v) is 31.1. The van der Waals surface area contributed by atoms with Crippen molar-refractivity contribution in [2.75, 3.05) is 0 Å². The number of hydrogen-bond donors (Lipinski definition) is 1. The second-order valence-electron chi connectivity index (χ2n) is 13.8. The zero-order chi connectivity index (χ0) is 37.4. The number of nitrogens with zero attached hydrogens (tertiary/aromatic N) is 3. The first-order chi connectivity index (χ1) is 27.7. The van der Waals surface area contributed by atoms with Crippen molar-refractivity contribution >= 4 is 71.2 Å². The SMILES string of the molecule is N=C(N=C(N=Cc1ccccc1)c1ccccc1)c1cc(-c2ccccc2)ccc1-c1ccc2c(c1)sc1ccc3c(c4ccccc4n3-c3ccccc3)c12. The minimum absolute atomic E-state index is 0.147. The fourth-order valence-corrected chi connectivity index (χ4v) is 8.90. The van der Waals surface area contributed by atoms with Crippen LogP contribution in [0.4, 0.5) is 0 Å². The average molecular weight is 735 g/mol. The van der Waals surface area contributed by atoms with Gasteiger partial charge in [0.2, 0.25) is 0 Å². The molecule has 0 unspecified atom stereocenters. The maximum Gasteiger partial charge on any atom is 0.161 e. The number of aliphatic imine (C=N–C) groups is 2. The molecule has 1 N–H and O–H groups in total. The number of fused-ring (bicyclic) bond motifs is 7. The van der Waals surface area contributed by atoms with E-state index in [2.05, 4.69) is 120 Å². The van der Waals surface area contributed by atoms with Gasteiger partial charge in [-0.2, -0.15) is 0 Å². The van der Waals surface area contributed by atoms with E-state index in [1.807, 2.05) is 96.4 Å². The van der Waals surface area contributed by atoms with E-state index in [9.17, 15) is 5.41 Å². The van der Waals surface area contributed by atoms with Crippen LogP contribution >= 0.6 is 11.3 Å². The number of amidine groups is 2. The fourth-order valence-electron chi connectivity index (χ4n) is 7.75. The van der Waals surface area contributed by atoms with Crippen molar-refractivity contribution in [3.8, 4) is 27.9 Å². The van der Waals surface area contributed by atoms with Crippen LogP contribution in [0.1, 0.15) is 16.7 Å². The summed E-state index contributed by atoms with van der Waals surface area (Å²) in [6, 6.07) is 67.2. The van der Waals surface area contributed by atoms with E-state index in [1.165, 1.54) is 42.0 Å². The van der Waals surface area contributed by atoms with E-state index < -0.39 is 0 Å². The van der Waals surface area contributed by atoms with Gasteiger partial charge in [-0.3, -0.25) is 5.41 Å². The van der Waals surface area contributed by atoms with Crippen molar-refractivity contribution in [3.63, 3.8) is 0 Å². The molecule has 4 nitrogen and oxygen atoms in total. The molecule has 0 saturated heterocycles. The molecule has 5 heteroatoms. The number of aromatic nitrogens is 1. The molecular formula is C51H34N4S. The van der Waals surface area contributed by atoms with Crippen molar-refractivity contribution in [3.05, 3.63) is 211 Å². The molecule has 0 spiro atoms. The highest BCUT2D eigenvalue weighted by molar-refractivity contribution is 7.26. The highest BCUT2D eigenvalue weighted by Crippen LogP contribution is 2.44. The quantitative estimate of drug-likeness (QED) is 0.131. The summed E-state index contributed by atoms with van der Waals surface area (Å²) in [5, 5.41) is 14.6. The molecule has 0 amide bonds. The molecule has 0 fully saturated rings. The summed E-state index contributed by atoms with van der Waals surface area (Å²) < 4.78 is 4.83. The Kier molecular flexibility index (Phi) is 8.47. The molecule has 2 heterocycles. The summed E-state index contributed by atoms with van der Waals surface area (Å²) >= 11 is 1.82. The van der Waals surface area contributed by atoms with Crippen LogP contribution in [-0.4, -0.2) is 22.5 Å². The lowest BCUT2D eigenvalue weighted by Gasteiger charge is -2.13. The topological polar surface area (TPSA) is 53.5 Å².